The van der Waals surface area contributed by atoms with Gasteiger partial charge in [-0.1, -0.05) is 12.2 Å². The molecule has 0 saturated heterocycles. The van der Waals surface area contributed by atoms with Gasteiger partial charge in [0.05, 0.1) is 5.69 Å². The molecule has 23 heavy (non-hydrogen) atoms. The standard InChI is InChI=1S/C17H18FN3OS/c18-14-6-4-13(5-7-14)16-20-15(12-23-16)8-9-19-17(22)21-10-2-1-3-11-21/h1-2,4-7,12H,3,8-11H2,(H,19,22). The number of carbonyl (C=O) groups excluding carboxylic acids is 1. The molecular formula is C17H18FN3OS. The number of rotatable bonds is 4. The molecule has 1 aliphatic rings. The van der Waals surface area contributed by atoms with Gasteiger partial charge in [0.25, 0.3) is 0 Å². The van der Waals surface area contributed by atoms with Crippen LogP contribution in [0, 0.1) is 5.82 Å². The molecule has 3 rings (SSSR count). The molecule has 0 spiro atoms. The van der Waals surface area contributed by atoms with Crippen LogP contribution >= 0.6 is 11.3 Å². The van der Waals surface area contributed by atoms with Crippen molar-refractivity contribution >= 4 is 17.4 Å². The maximum absolute atomic E-state index is 12.9. The normalized spacial score (nSPS) is 14.0. The topological polar surface area (TPSA) is 45.2 Å². The zero-order chi connectivity index (χ0) is 16.1. The number of hydrogen-bond acceptors (Lipinski definition) is 3. The van der Waals surface area contributed by atoms with Crippen LogP contribution in [-0.4, -0.2) is 35.5 Å². The van der Waals surface area contributed by atoms with Gasteiger partial charge in [-0.2, -0.15) is 0 Å². The van der Waals surface area contributed by atoms with E-state index >= 15 is 0 Å². The summed E-state index contributed by atoms with van der Waals surface area (Å²) >= 11 is 1.53. The van der Waals surface area contributed by atoms with Crippen molar-refractivity contribution in [3.8, 4) is 10.6 Å². The molecule has 2 amide bonds. The fraction of sp³-hybridized carbons (Fsp3) is 0.294. The first-order chi connectivity index (χ1) is 11.2. The minimum Gasteiger partial charge on any atom is -0.338 e. The summed E-state index contributed by atoms with van der Waals surface area (Å²) in [6.07, 6.45) is 5.71. The Morgan fingerprint density at radius 3 is 2.87 bits per heavy atom. The predicted octanol–water partition coefficient (Wildman–Crippen LogP) is 3.46. The molecule has 0 aliphatic carbocycles. The molecule has 1 aromatic heterocycles. The lowest BCUT2D eigenvalue weighted by Crippen LogP contribution is -2.42. The Kier molecular flexibility index (Phi) is 5.02. The summed E-state index contributed by atoms with van der Waals surface area (Å²) in [5.74, 6) is -0.249. The van der Waals surface area contributed by atoms with Crippen molar-refractivity contribution in [1.29, 1.82) is 0 Å². The Bertz CT molecular complexity index is 696. The summed E-state index contributed by atoms with van der Waals surface area (Å²) in [5, 5.41) is 5.77. The predicted molar refractivity (Wildman–Crippen MR) is 89.9 cm³/mol. The van der Waals surface area contributed by atoms with Gasteiger partial charge in [0, 0.05) is 37.0 Å². The Morgan fingerprint density at radius 1 is 1.30 bits per heavy atom. The van der Waals surface area contributed by atoms with Crippen LogP contribution in [0.15, 0.2) is 41.8 Å². The molecule has 2 heterocycles. The van der Waals surface area contributed by atoms with E-state index in [2.05, 4.69) is 16.4 Å². The first kappa shape index (κ1) is 15.7. The number of aromatic nitrogens is 1. The molecular weight excluding hydrogens is 313 g/mol. The van der Waals surface area contributed by atoms with Crippen molar-refractivity contribution in [2.45, 2.75) is 12.8 Å². The van der Waals surface area contributed by atoms with E-state index in [0.717, 1.165) is 29.2 Å². The molecule has 1 aromatic carbocycles. The molecule has 4 nitrogen and oxygen atoms in total. The van der Waals surface area contributed by atoms with Crippen LogP contribution in [-0.2, 0) is 6.42 Å². The summed E-state index contributed by atoms with van der Waals surface area (Å²) in [4.78, 5) is 18.3. The highest BCUT2D eigenvalue weighted by atomic mass is 32.1. The van der Waals surface area contributed by atoms with E-state index < -0.39 is 0 Å². The van der Waals surface area contributed by atoms with Crippen LogP contribution in [0.4, 0.5) is 9.18 Å². The lowest BCUT2D eigenvalue weighted by atomic mass is 10.2. The van der Waals surface area contributed by atoms with Gasteiger partial charge < -0.3 is 10.2 Å². The van der Waals surface area contributed by atoms with Gasteiger partial charge in [-0.3, -0.25) is 0 Å². The number of halogens is 1. The Balaban J connectivity index is 1.50. The van der Waals surface area contributed by atoms with Crippen molar-refractivity contribution in [3.63, 3.8) is 0 Å². The van der Waals surface area contributed by atoms with Crippen molar-refractivity contribution in [3.05, 3.63) is 53.3 Å². The third kappa shape index (κ3) is 4.16. The number of amides is 2. The minimum atomic E-state index is -0.249. The van der Waals surface area contributed by atoms with Crippen LogP contribution < -0.4 is 5.32 Å². The number of thiazole rings is 1. The molecule has 0 radical (unpaired) electrons. The second-order valence-electron chi connectivity index (χ2n) is 5.34. The van der Waals surface area contributed by atoms with Crippen LogP contribution in [0.25, 0.3) is 10.6 Å². The summed E-state index contributed by atoms with van der Waals surface area (Å²) in [6, 6.07) is 6.30. The second-order valence-corrected chi connectivity index (χ2v) is 6.20. The highest BCUT2D eigenvalue weighted by Crippen LogP contribution is 2.23. The number of benzene rings is 1. The van der Waals surface area contributed by atoms with Gasteiger partial charge in [-0.15, -0.1) is 11.3 Å². The van der Waals surface area contributed by atoms with Gasteiger partial charge in [0.2, 0.25) is 0 Å². The lowest BCUT2D eigenvalue weighted by Gasteiger charge is -2.23. The highest BCUT2D eigenvalue weighted by molar-refractivity contribution is 7.13. The Morgan fingerprint density at radius 2 is 2.13 bits per heavy atom. The van der Waals surface area contributed by atoms with Gasteiger partial charge in [-0.05, 0) is 30.7 Å². The number of nitrogens with zero attached hydrogens (tertiary/aromatic N) is 2. The van der Waals surface area contributed by atoms with E-state index in [-0.39, 0.29) is 11.8 Å². The summed E-state index contributed by atoms with van der Waals surface area (Å²) in [6.45, 7) is 2.01. The third-order valence-electron chi connectivity index (χ3n) is 3.65. The summed E-state index contributed by atoms with van der Waals surface area (Å²) in [5.41, 5.74) is 1.85. The van der Waals surface area contributed by atoms with E-state index in [1.807, 2.05) is 11.5 Å². The van der Waals surface area contributed by atoms with E-state index in [1.54, 1.807) is 17.0 Å². The maximum Gasteiger partial charge on any atom is 0.317 e. The van der Waals surface area contributed by atoms with E-state index in [9.17, 15) is 9.18 Å². The Labute approximate surface area is 138 Å². The zero-order valence-corrected chi connectivity index (χ0v) is 13.5. The number of carbonyl (C=O) groups is 1. The zero-order valence-electron chi connectivity index (χ0n) is 12.7. The fourth-order valence-corrected chi connectivity index (χ4v) is 3.24. The van der Waals surface area contributed by atoms with E-state index in [0.29, 0.717) is 19.5 Å². The van der Waals surface area contributed by atoms with Gasteiger partial charge in [0.15, 0.2) is 0 Å². The van der Waals surface area contributed by atoms with Gasteiger partial charge >= 0.3 is 6.03 Å². The van der Waals surface area contributed by atoms with Crippen molar-refractivity contribution in [1.82, 2.24) is 15.2 Å². The van der Waals surface area contributed by atoms with Crippen LogP contribution in [0.2, 0.25) is 0 Å². The number of nitrogens with one attached hydrogen (secondary N) is 1. The van der Waals surface area contributed by atoms with Crippen LogP contribution in [0.5, 0.6) is 0 Å². The molecule has 1 N–H and O–H groups in total. The van der Waals surface area contributed by atoms with Gasteiger partial charge in [-0.25, -0.2) is 14.2 Å². The van der Waals surface area contributed by atoms with Crippen molar-refractivity contribution < 1.29 is 9.18 Å². The lowest BCUT2D eigenvalue weighted by molar-refractivity contribution is 0.202. The first-order valence-corrected chi connectivity index (χ1v) is 8.48. The molecule has 120 valence electrons. The summed E-state index contributed by atoms with van der Waals surface area (Å²) < 4.78 is 12.9. The summed E-state index contributed by atoms with van der Waals surface area (Å²) in [7, 11) is 0. The maximum atomic E-state index is 12.9. The number of hydrogen-bond donors (Lipinski definition) is 1. The molecule has 0 fully saturated rings. The quantitative estimate of drug-likeness (QED) is 0.872. The van der Waals surface area contributed by atoms with E-state index in [4.69, 9.17) is 0 Å². The Hall–Kier alpha value is -2.21. The second kappa shape index (κ2) is 7.37. The number of urea groups is 1. The molecule has 2 aromatic rings. The minimum absolute atomic E-state index is 0.0247. The average Bonchev–Trinajstić information content (AvgIpc) is 3.05. The first-order valence-electron chi connectivity index (χ1n) is 7.60. The molecule has 0 unspecified atom stereocenters. The fourth-order valence-electron chi connectivity index (χ4n) is 2.38. The van der Waals surface area contributed by atoms with Crippen molar-refractivity contribution in [2.24, 2.45) is 0 Å². The highest BCUT2D eigenvalue weighted by Gasteiger charge is 2.13. The molecule has 0 atom stereocenters. The smallest absolute Gasteiger partial charge is 0.317 e. The molecule has 1 aliphatic heterocycles. The monoisotopic (exact) mass is 331 g/mol. The van der Waals surface area contributed by atoms with E-state index in [1.165, 1.54) is 23.5 Å². The average molecular weight is 331 g/mol. The molecule has 6 heteroatoms. The van der Waals surface area contributed by atoms with Crippen LogP contribution in [0.3, 0.4) is 0 Å². The molecule has 0 saturated carbocycles. The molecule has 0 bridgehead atoms. The largest absolute Gasteiger partial charge is 0.338 e. The third-order valence-corrected chi connectivity index (χ3v) is 4.59. The van der Waals surface area contributed by atoms with Crippen LogP contribution in [0.1, 0.15) is 12.1 Å². The SMILES string of the molecule is O=C(NCCc1csc(-c2ccc(F)cc2)n1)N1CC=CCC1. The van der Waals surface area contributed by atoms with Crippen molar-refractivity contribution in [2.75, 3.05) is 19.6 Å². The van der Waals surface area contributed by atoms with Gasteiger partial charge in [0.1, 0.15) is 10.8 Å².